The van der Waals surface area contributed by atoms with Gasteiger partial charge in [-0.3, -0.25) is 14.9 Å². The van der Waals surface area contributed by atoms with Gasteiger partial charge in [-0.05, 0) is 54.7 Å². The highest BCUT2D eigenvalue weighted by molar-refractivity contribution is 7.80. The molecule has 0 radical (unpaired) electrons. The molecule has 3 aromatic rings. The maximum absolute atomic E-state index is 12.8. The number of benzene rings is 3. The number of nitrogens with zero attached hydrogens (tertiary/aromatic N) is 1. The molecule has 0 atom stereocenters. The molecule has 8 heteroatoms. The van der Waals surface area contributed by atoms with E-state index in [1.807, 2.05) is 30.3 Å². The van der Waals surface area contributed by atoms with Crippen LogP contribution in [0.5, 0.6) is 11.5 Å². The van der Waals surface area contributed by atoms with Gasteiger partial charge in [-0.1, -0.05) is 36.4 Å². The number of thiocarbonyl (C=S) groups is 1. The Hall–Kier alpha value is -3.91. The minimum absolute atomic E-state index is 0.108. The third-order valence-electron chi connectivity index (χ3n) is 4.49. The van der Waals surface area contributed by atoms with Crippen molar-refractivity contribution in [1.82, 2.24) is 10.2 Å². The molecule has 0 spiro atoms. The van der Waals surface area contributed by atoms with Crippen molar-refractivity contribution in [2.24, 2.45) is 0 Å². The summed E-state index contributed by atoms with van der Waals surface area (Å²) < 4.78 is 11.4. The molecule has 7 nitrogen and oxygen atoms in total. The van der Waals surface area contributed by atoms with Crippen LogP contribution in [0.25, 0.3) is 0 Å². The lowest BCUT2D eigenvalue weighted by Crippen LogP contribution is -2.34. The lowest BCUT2D eigenvalue weighted by atomic mass is 10.2. The van der Waals surface area contributed by atoms with E-state index in [1.54, 1.807) is 62.6 Å². The number of amides is 2. The zero-order valence-electron chi connectivity index (χ0n) is 18.4. The van der Waals surface area contributed by atoms with Gasteiger partial charge in [0.2, 0.25) is 0 Å². The third kappa shape index (κ3) is 7.05. The second kappa shape index (κ2) is 11.6. The van der Waals surface area contributed by atoms with Crippen LogP contribution >= 0.6 is 12.2 Å². The van der Waals surface area contributed by atoms with E-state index in [0.29, 0.717) is 29.2 Å². The topological polar surface area (TPSA) is 79.9 Å². The molecule has 0 aliphatic carbocycles. The molecular formula is C25H25N3O4S. The average molecular weight is 464 g/mol. The number of carbonyl (C=O) groups excluding carboxylic acids is 2. The highest BCUT2D eigenvalue weighted by Crippen LogP contribution is 2.18. The van der Waals surface area contributed by atoms with Gasteiger partial charge in [0.25, 0.3) is 11.8 Å². The molecule has 33 heavy (non-hydrogen) atoms. The first-order chi connectivity index (χ1) is 15.9. The molecule has 3 aromatic carbocycles. The molecule has 170 valence electrons. The van der Waals surface area contributed by atoms with Gasteiger partial charge in [-0.15, -0.1) is 0 Å². The van der Waals surface area contributed by atoms with E-state index in [0.717, 1.165) is 5.75 Å². The number of anilines is 1. The number of nitrogens with one attached hydrogen (secondary N) is 2. The van der Waals surface area contributed by atoms with Crippen LogP contribution in [-0.2, 0) is 0 Å². The van der Waals surface area contributed by atoms with E-state index in [1.165, 1.54) is 4.90 Å². The van der Waals surface area contributed by atoms with Crippen LogP contribution in [0.1, 0.15) is 20.7 Å². The van der Waals surface area contributed by atoms with Gasteiger partial charge in [0.05, 0.1) is 5.56 Å². The summed E-state index contributed by atoms with van der Waals surface area (Å²) in [6.45, 7) is 0.608. The number of para-hydroxylation sites is 2. The molecule has 0 aromatic heterocycles. The Morgan fingerprint density at radius 3 is 2.33 bits per heavy atom. The van der Waals surface area contributed by atoms with Gasteiger partial charge < -0.3 is 19.7 Å². The summed E-state index contributed by atoms with van der Waals surface area (Å²) in [4.78, 5) is 26.4. The molecule has 0 fully saturated rings. The quantitative estimate of drug-likeness (QED) is 0.389. The zero-order chi connectivity index (χ0) is 23.6. The van der Waals surface area contributed by atoms with Crippen LogP contribution in [0.3, 0.4) is 0 Å². The van der Waals surface area contributed by atoms with Crippen LogP contribution in [0, 0.1) is 0 Å². The Labute approximate surface area is 198 Å². The van der Waals surface area contributed by atoms with Gasteiger partial charge in [0.15, 0.2) is 5.11 Å². The fourth-order valence-electron chi connectivity index (χ4n) is 2.93. The summed E-state index contributed by atoms with van der Waals surface area (Å²) in [5.41, 5.74) is 1.45. The van der Waals surface area contributed by atoms with Crippen LogP contribution in [-0.4, -0.2) is 49.1 Å². The predicted molar refractivity (Wildman–Crippen MR) is 132 cm³/mol. The normalized spacial score (nSPS) is 10.1. The van der Waals surface area contributed by atoms with E-state index >= 15 is 0 Å². The van der Waals surface area contributed by atoms with Crippen LogP contribution in [0.2, 0.25) is 0 Å². The number of hydrogen-bond donors (Lipinski definition) is 2. The minimum atomic E-state index is -0.410. The van der Waals surface area contributed by atoms with Crippen molar-refractivity contribution in [3.8, 4) is 11.5 Å². The molecular weight excluding hydrogens is 438 g/mol. The third-order valence-corrected chi connectivity index (χ3v) is 4.69. The maximum atomic E-state index is 12.8. The van der Waals surface area contributed by atoms with Gasteiger partial charge in [0.1, 0.15) is 24.7 Å². The van der Waals surface area contributed by atoms with Gasteiger partial charge in [-0.25, -0.2) is 0 Å². The molecule has 0 saturated heterocycles. The van der Waals surface area contributed by atoms with Crippen molar-refractivity contribution in [1.29, 1.82) is 0 Å². The van der Waals surface area contributed by atoms with Crippen molar-refractivity contribution in [3.63, 3.8) is 0 Å². The van der Waals surface area contributed by atoms with E-state index in [4.69, 9.17) is 21.7 Å². The summed E-state index contributed by atoms with van der Waals surface area (Å²) in [7, 11) is 3.36. The van der Waals surface area contributed by atoms with Crippen molar-refractivity contribution >= 4 is 34.8 Å². The van der Waals surface area contributed by atoms with Crippen molar-refractivity contribution in [3.05, 3.63) is 90.0 Å². The second-order valence-electron chi connectivity index (χ2n) is 7.19. The Bertz CT molecular complexity index is 1120. The first-order valence-corrected chi connectivity index (χ1v) is 10.7. The van der Waals surface area contributed by atoms with E-state index in [9.17, 15) is 9.59 Å². The summed E-state index contributed by atoms with van der Waals surface area (Å²) in [6, 6.07) is 23.2. The number of carbonyl (C=O) groups is 2. The van der Waals surface area contributed by atoms with E-state index < -0.39 is 5.91 Å². The minimum Gasteiger partial charge on any atom is -0.490 e. The largest absolute Gasteiger partial charge is 0.490 e. The standard InChI is InChI=1S/C25H25N3O4S/c1-28(2)24(30)18-9-8-10-19(17-18)26-25(33)27-23(29)21-13-6-7-14-22(21)32-16-15-31-20-11-4-3-5-12-20/h3-14,17H,15-16H2,1-2H3,(H2,26,27,29,33). The lowest BCUT2D eigenvalue weighted by Gasteiger charge is -2.14. The summed E-state index contributed by atoms with van der Waals surface area (Å²) in [5.74, 6) is 0.636. The van der Waals surface area contributed by atoms with Gasteiger partial charge in [0, 0.05) is 25.3 Å². The Balaban J connectivity index is 1.56. The number of rotatable bonds is 8. The smallest absolute Gasteiger partial charge is 0.261 e. The fraction of sp³-hybridized carbons (Fsp3) is 0.160. The van der Waals surface area contributed by atoms with Crippen molar-refractivity contribution < 1.29 is 19.1 Å². The lowest BCUT2D eigenvalue weighted by molar-refractivity contribution is 0.0827. The van der Waals surface area contributed by atoms with Crippen molar-refractivity contribution in [2.45, 2.75) is 0 Å². The zero-order valence-corrected chi connectivity index (χ0v) is 19.2. The SMILES string of the molecule is CN(C)C(=O)c1cccc(NC(=S)NC(=O)c2ccccc2OCCOc2ccccc2)c1. The first kappa shape index (κ1) is 23.7. The Morgan fingerprint density at radius 1 is 0.879 bits per heavy atom. The monoisotopic (exact) mass is 463 g/mol. The maximum Gasteiger partial charge on any atom is 0.261 e. The molecule has 3 rings (SSSR count). The van der Waals surface area contributed by atoms with Crippen LogP contribution in [0.15, 0.2) is 78.9 Å². The number of ether oxygens (including phenoxy) is 2. The molecule has 0 heterocycles. The molecule has 2 amide bonds. The van der Waals surface area contributed by atoms with Crippen LogP contribution < -0.4 is 20.1 Å². The van der Waals surface area contributed by atoms with E-state index in [-0.39, 0.29) is 17.6 Å². The van der Waals surface area contributed by atoms with Crippen molar-refractivity contribution in [2.75, 3.05) is 32.6 Å². The highest BCUT2D eigenvalue weighted by atomic mass is 32.1. The average Bonchev–Trinajstić information content (AvgIpc) is 2.82. The summed E-state index contributed by atoms with van der Waals surface area (Å²) in [6.07, 6.45) is 0. The number of hydrogen-bond acceptors (Lipinski definition) is 5. The fourth-order valence-corrected chi connectivity index (χ4v) is 3.14. The molecule has 2 N–H and O–H groups in total. The molecule has 0 bridgehead atoms. The Morgan fingerprint density at radius 2 is 1.58 bits per heavy atom. The van der Waals surface area contributed by atoms with E-state index in [2.05, 4.69) is 10.6 Å². The summed E-state index contributed by atoms with van der Waals surface area (Å²) in [5, 5.41) is 5.69. The first-order valence-electron chi connectivity index (χ1n) is 10.3. The molecule has 0 unspecified atom stereocenters. The van der Waals surface area contributed by atoms with Gasteiger partial charge in [-0.2, -0.15) is 0 Å². The van der Waals surface area contributed by atoms with Crippen LogP contribution in [0.4, 0.5) is 5.69 Å². The molecule has 0 aliphatic rings. The second-order valence-corrected chi connectivity index (χ2v) is 7.60. The Kier molecular flexibility index (Phi) is 8.37. The summed E-state index contributed by atoms with van der Waals surface area (Å²) >= 11 is 5.28. The predicted octanol–water partition coefficient (Wildman–Crippen LogP) is 3.97. The highest BCUT2D eigenvalue weighted by Gasteiger charge is 2.14. The molecule has 0 saturated carbocycles. The molecule has 0 aliphatic heterocycles. The van der Waals surface area contributed by atoms with Gasteiger partial charge >= 0.3 is 0 Å².